The number of benzene rings is 3. The summed E-state index contributed by atoms with van der Waals surface area (Å²) in [6.07, 6.45) is 0.502. The number of fused-ring (bicyclic) bond motifs is 1. The van der Waals surface area contributed by atoms with Gasteiger partial charge in [0.25, 0.3) is 0 Å². The largest absolute Gasteiger partial charge is 0.508 e. The number of guanidine groups is 1. The zero-order valence-electron chi connectivity index (χ0n) is 51.4. The number of phenols is 2. The second kappa shape index (κ2) is 36.0. The minimum Gasteiger partial charge on any atom is -0.508 e. The third kappa shape index (κ3) is 22.6. The van der Waals surface area contributed by atoms with Gasteiger partial charge in [-0.05, 0) is 72.2 Å². The van der Waals surface area contributed by atoms with Crippen molar-refractivity contribution in [2.75, 3.05) is 37.8 Å². The fourth-order valence-corrected chi connectivity index (χ4v) is 12.2. The molecule has 0 aliphatic carbocycles. The Morgan fingerprint density at radius 1 is 0.617 bits per heavy atom. The van der Waals surface area contributed by atoms with Gasteiger partial charge in [-0.15, -0.1) is 0 Å². The molecule has 6 rings (SSSR count). The van der Waals surface area contributed by atoms with E-state index in [1.807, 2.05) is 0 Å². The number of primary amides is 1. The predicted octanol–water partition coefficient (Wildman–Crippen LogP) is -4.67. The normalized spacial score (nSPS) is 23.3. The average molecular weight is 1350 g/mol. The third-order valence-electron chi connectivity index (χ3n) is 15.0. The number of aliphatic hydroxyl groups is 2. The summed E-state index contributed by atoms with van der Waals surface area (Å²) in [5.74, 6) is -12.8. The number of rotatable bonds is 18. The lowest BCUT2D eigenvalue weighted by atomic mass is 10.00. The van der Waals surface area contributed by atoms with Gasteiger partial charge >= 0.3 is 0 Å². The number of carbonyl (C=O) groups excluding carboxylic acids is 12. The van der Waals surface area contributed by atoms with Crippen molar-refractivity contribution in [2.24, 2.45) is 28.1 Å². The number of hydrogen-bond acceptors (Lipinski definition) is 19. The lowest BCUT2D eigenvalue weighted by Gasteiger charge is -2.29. The van der Waals surface area contributed by atoms with Crippen molar-refractivity contribution in [1.29, 1.82) is 0 Å². The van der Waals surface area contributed by atoms with Crippen molar-refractivity contribution in [3.05, 3.63) is 95.7 Å². The fraction of sp³-hybridized carbons (Fsp3) is 0.450. The van der Waals surface area contributed by atoms with Crippen molar-refractivity contribution >= 4 is 109 Å². The van der Waals surface area contributed by atoms with Crippen molar-refractivity contribution < 1.29 is 78.0 Å². The monoisotopic (exact) mass is 1340 g/mol. The van der Waals surface area contributed by atoms with Gasteiger partial charge in [0.2, 0.25) is 70.9 Å². The molecule has 1 aromatic heterocycles. The van der Waals surface area contributed by atoms with E-state index in [0.717, 1.165) is 21.6 Å². The molecule has 4 aromatic rings. The van der Waals surface area contributed by atoms with Crippen molar-refractivity contribution in [3.63, 3.8) is 0 Å². The molecule has 508 valence electrons. The van der Waals surface area contributed by atoms with Crippen LogP contribution in [0.15, 0.2) is 84.0 Å². The van der Waals surface area contributed by atoms with Gasteiger partial charge in [0.15, 0.2) is 5.96 Å². The van der Waals surface area contributed by atoms with Crippen LogP contribution in [-0.2, 0) is 76.8 Å². The number of hydrogen-bond donors (Lipinski definition) is 19. The van der Waals surface area contributed by atoms with E-state index in [9.17, 15) is 78.0 Å². The van der Waals surface area contributed by atoms with Gasteiger partial charge in [-0.3, -0.25) is 62.5 Å². The van der Waals surface area contributed by atoms with Crippen LogP contribution in [0.1, 0.15) is 62.6 Å². The first-order chi connectivity index (χ1) is 44.8. The van der Waals surface area contributed by atoms with E-state index in [0.29, 0.717) is 27.6 Å². The Morgan fingerprint density at radius 2 is 1.19 bits per heavy atom. The molecule has 3 aromatic carbocycles. The van der Waals surface area contributed by atoms with Crippen molar-refractivity contribution in [1.82, 2.24) is 63.5 Å². The fourth-order valence-electron chi connectivity index (χ4n) is 9.84. The smallest absolute Gasteiger partial charge is 0.245 e. The number of nitrogens with one attached hydrogen (secondary N) is 12. The number of nitrogens with zero attached hydrogens (tertiary/aromatic N) is 1. The van der Waals surface area contributed by atoms with Crippen molar-refractivity contribution in [2.45, 2.75) is 126 Å². The summed E-state index contributed by atoms with van der Waals surface area (Å²) in [5, 5.41) is 69.6. The summed E-state index contributed by atoms with van der Waals surface area (Å²) in [6.45, 7) is 0.686. The van der Waals surface area contributed by atoms with E-state index < -0.39 is 163 Å². The summed E-state index contributed by atoms with van der Waals surface area (Å²) in [4.78, 5) is 174. The summed E-state index contributed by atoms with van der Waals surface area (Å²) >= 11 is 0. The summed E-state index contributed by atoms with van der Waals surface area (Å²) in [6, 6.07) is 3.23. The van der Waals surface area contributed by atoms with Crippen LogP contribution >= 0.6 is 21.6 Å². The molecule has 0 unspecified atom stereocenters. The number of phenolic OH excluding ortho intramolecular Hbond substituents is 2. The highest BCUT2D eigenvalue weighted by molar-refractivity contribution is 8.76. The van der Waals surface area contributed by atoms with Crippen LogP contribution in [-0.4, -0.2) is 200 Å². The first-order valence-electron chi connectivity index (χ1n) is 30.0. The molecule has 22 N–H and O–H groups in total. The Hall–Kier alpha value is -9.67. The van der Waals surface area contributed by atoms with Crippen molar-refractivity contribution in [3.8, 4) is 11.5 Å². The highest BCUT2D eigenvalue weighted by Gasteiger charge is 2.37. The van der Waals surface area contributed by atoms with E-state index in [2.05, 4.69) is 68.5 Å². The van der Waals surface area contributed by atoms with Crippen LogP contribution in [0.2, 0.25) is 0 Å². The number of para-hydroxylation sites is 1. The Labute approximate surface area is 547 Å². The Kier molecular flexibility index (Phi) is 28.1. The zero-order chi connectivity index (χ0) is 68.6. The van der Waals surface area contributed by atoms with Crippen LogP contribution in [0.3, 0.4) is 0 Å². The number of aromatic amines is 1. The molecule has 0 radical (unpaired) electrons. The molecule has 32 nitrogen and oxygen atoms in total. The van der Waals surface area contributed by atoms with Crippen LogP contribution in [0.25, 0.3) is 10.9 Å². The van der Waals surface area contributed by atoms with E-state index in [4.69, 9.17) is 17.2 Å². The maximum atomic E-state index is 14.8. The molecule has 2 saturated heterocycles. The first-order valence-corrected chi connectivity index (χ1v) is 32.5. The number of nitrogens with two attached hydrogens (primary N) is 3. The molecule has 10 atom stereocenters. The molecule has 2 aliphatic rings. The molecule has 3 heterocycles. The van der Waals surface area contributed by atoms with Crippen LogP contribution in [0.5, 0.6) is 11.5 Å². The Balaban J connectivity index is 1.36. The van der Waals surface area contributed by atoms with E-state index in [-0.39, 0.29) is 80.5 Å². The number of aliphatic hydroxyl groups excluding tert-OH is 2. The van der Waals surface area contributed by atoms with Gasteiger partial charge in [-0.1, -0.05) is 77.9 Å². The summed E-state index contributed by atoms with van der Waals surface area (Å²) < 4.78 is 0. The second-order valence-corrected chi connectivity index (χ2v) is 25.1. The molecule has 34 heteroatoms. The summed E-state index contributed by atoms with van der Waals surface area (Å²) in [5.41, 5.74) is 18.9. The SMILES string of the molecule is CC(C)[C@@H]1NC(=O)[C@@H](NC(=O)[C@H](Cc2ccc(O)cc2)NC(=O)[C@@H]2CCC(=O)N2)CSSC[C@@H](C(N)=O)NC(=O)[C@H](CO)NC(=O)[C@H](Cc2c[nH]c3ccccc23)NC(=O)[C@H](CO)NC(=O)CCNC(=O)[C@H](CCCN=C(N)N)NC(=O)[C@H](Cc2ccc(O)cc2)NC1=O. The van der Waals surface area contributed by atoms with Gasteiger partial charge < -0.3 is 101 Å². The van der Waals surface area contributed by atoms with E-state index in [1.165, 1.54) is 48.5 Å². The van der Waals surface area contributed by atoms with Crippen LogP contribution in [0, 0.1) is 5.92 Å². The molecule has 94 heavy (non-hydrogen) atoms. The van der Waals surface area contributed by atoms with Gasteiger partial charge in [0.1, 0.15) is 71.9 Å². The Morgan fingerprint density at radius 3 is 1.82 bits per heavy atom. The zero-order valence-corrected chi connectivity index (χ0v) is 53.1. The highest BCUT2D eigenvalue weighted by atomic mass is 33.1. The molecule has 0 spiro atoms. The number of aliphatic imine (C=N–C) groups is 1. The van der Waals surface area contributed by atoms with E-state index >= 15 is 0 Å². The number of aromatic hydroxyl groups is 2. The van der Waals surface area contributed by atoms with E-state index in [1.54, 1.807) is 44.3 Å². The molecule has 0 bridgehead atoms. The van der Waals surface area contributed by atoms with Crippen LogP contribution < -0.4 is 75.7 Å². The number of amides is 12. The molecular formula is C60H80N16O16S2. The standard InChI is InChI=1S/C60H80N16O16S2/c1-30(2)49-59(92)72-41(23-32-11-15-35(80)16-12-32)53(86)69-38(8-5-20-65-60(62)63)51(84)64-21-19-48(82)68-43(26-77)56(89)71-42(24-33-25-66-37-7-4-3-6-36(33)37)55(88)73-44(27-78)57(90)74-45(50(61)83)28-93-94-29-46(58(91)76-49)75-54(87)40(22-31-9-13-34(79)14-10-31)70-52(85)39-17-18-47(81)67-39/h3-4,6-7,9-16,25,30,38-46,49,66,77-80H,5,8,17-24,26-29H2,1-2H3,(H2,61,83)(H,64,84)(H,67,81)(H,68,82)(H,69,86)(H,70,85)(H,71,89)(H,72,92)(H,73,88)(H,74,90)(H,75,87)(H,76,91)(H4,62,63,65)/t38-,39-,40-,41-,42-,43-,44-,45-,46-,49-/m0/s1. The maximum absolute atomic E-state index is 14.8. The molecule has 0 saturated carbocycles. The number of H-pyrrole nitrogens is 1. The molecular weight excluding hydrogens is 1260 g/mol. The topological polar surface area (TPSA) is 524 Å². The maximum Gasteiger partial charge on any atom is 0.245 e. The molecule has 2 aliphatic heterocycles. The lowest BCUT2D eigenvalue weighted by molar-refractivity contribution is -0.135. The lowest BCUT2D eigenvalue weighted by Crippen LogP contribution is -2.61. The van der Waals surface area contributed by atoms with Gasteiger partial charge in [-0.25, -0.2) is 0 Å². The molecule has 12 amide bonds. The van der Waals surface area contributed by atoms with Gasteiger partial charge in [-0.2, -0.15) is 0 Å². The number of aromatic nitrogens is 1. The van der Waals surface area contributed by atoms with Crippen LogP contribution in [0.4, 0.5) is 0 Å². The number of carbonyl (C=O) groups is 12. The summed E-state index contributed by atoms with van der Waals surface area (Å²) in [7, 11) is 1.74. The molecule has 2 fully saturated rings. The average Bonchev–Trinajstić information content (AvgIpc) is 1.59. The second-order valence-electron chi connectivity index (χ2n) is 22.6. The quantitative estimate of drug-likeness (QED) is 0.0193. The minimum atomic E-state index is -1.79. The first kappa shape index (κ1) is 73.4. The van der Waals surface area contributed by atoms with Gasteiger partial charge in [0, 0.05) is 73.8 Å². The predicted molar refractivity (Wildman–Crippen MR) is 345 cm³/mol. The Bertz CT molecular complexity index is 3390. The van der Waals surface area contributed by atoms with Gasteiger partial charge in [0.05, 0.1) is 13.2 Å². The third-order valence-corrected chi connectivity index (χ3v) is 17.5. The highest BCUT2D eigenvalue weighted by Crippen LogP contribution is 2.25. The minimum absolute atomic E-state index is 0.000438.